The largest absolute Gasteiger partial charge is 0.493 e. The van der Waals surface area contributed by atoms with Gasteiger partial charge in [0.15, 0.2) is 23.0 Å². The number of anilines is 1. The first-order chi connectivity index (χ1) is 16.4. The van der Waals surface area contributed by atoms with Gasteiger partial charge in [0.1, 0.15) is 0 Å². The fourth-order valence-corrected chi connectivity index (χ4v) is 4.53. The van der Waals surface area contributed by atoms with E-state index in [1.54, 1.807) is 44.6 Å². The lowest BCUT2D eigenvalue weighted by molar-refractivity contribution is 0.0954. The molecule has 1 amide bonds. The van der Waals surface area contributed by atoms with Crippen LogP contribution in [0.15, 0.2) is 65.6 Å². The Hall–Kier alpha value is -3.92. The van der Waals surface area contributed by atoms with Gasteiger partial charge >= 0.3 is 0 Å². The zero-order valence-corrected chi connectivity index (χ0v) is 19.5. The third kappa shape index (κ3) is 5.18. The summed E-state index contributed by atoms with van der Waals surface area (Å²) in [6.45, 7) is 0.454. The smallest absolute Gasteiger partial charge is 0.261 e. The van der Waals surface area contributed by atoms with Gasteiger partial charge in [-0.3, -0.25) is 9.52 Å². The van der Waals surface area contributed by atoms with Crippen LogP contribution < -0.4 is 29.0 Å². The average molecular weight is 485 g/mol. The Morgan fingerprint density at radius 3 is 2.53 bits per heavy atom. The number of amides is 1. The van der Waals surface area contributed by atoms with Crippen molar-refractivity contribution in [2.45, 2.75) is 11.3 Å². The van der Waals surface area contributed by atoms with Crippen LogP contribution in [-0.2, 0) is 16.4 Å². The predicted molar refractivity (Wildman–Crippen MR) is 125 cm³/mol. The highest BCUT2D eigenvalue weighted by atomic mass is 32.2. The molecule has 9 nitrogen and oxygen atoms in total. The maximum atomic E-state index is 12.9. The van der Waals surface area contributed by atoms with Crippen LogP contribution in [0.25, 0.3) is 0 Å². The summed E-state index contributed by atoms with van der Waals surface area (Å²) in [6, 6.07) is 16.1. The Morgan fingerprint density at radius 2 is 1.74 bits per heavy atom. The van der Waals surface area contributed by atoms with Crippen LogP contribution in [0.1, 0.15) is 15.9 Å². The first kappa shape index (κ1) is 23.2. The number of hydrogen-bond acceptors (Lipinski definition) is 7. The lowest BCUT2D eigenvalue weighted by atomic mass is 10.1. The SMILES string of the molecule is COc1ccc(CCNC(=O)c2cccc(S(=O)(=O)Nc3ccc4c(c3)OCO4)c2)cc1OC. The normalized spacial score (nSPS) is 12.2. The molecule has 0 bridgehead atoms. The molecular formula is C24H24N2O7S. The summed E-state index contributed by atoms with van der Waals surface area (Å²) < 4.78 is 49.2. The molecule has 3 aromatic rings. The minimum Gasteiger partial charge on any atom is -0.493 e. The molecule has 0 spiro atoms. The van der Waals surface area contributed by atoms with E-state index in [2.05, 4.69) is 10.0 Å². The van der Waals surface area contributed by atoms with Crippen LogP contribution in [-0.4, -0.2) is 41.9 Å². The van der Waals surface area contributed by atoms with Crippen molar-refractivity contribution in [2.75, 3.05) is 32.3 Å². The zero-order chi connectivity index (χ0) is 24.1. The number of rotatable bonds is 9. The minimum atomic E-state index is -3.92. The second-order valence-electron chi connectivity index (χ2n) is 7.40. The van der Waals surface area contributed by atoms with Gasteiger partial charge in [-0.05, 0) is 54.4 Å². The number of methoxy groups -OCH3 is 2. The molecule has 1 heterocycles. The summed E-state index contributed by atoms with van der Waals surface area (Å²) in [7, 11) is -0.789. The Kier molecular flexibility index (Phi) is 6.78. The third-order valence-electron chi connectivity index (χ3n) is 5.18. The summed E-state index contributed by atoms with van der Waals surface area (Å²) in [6.07, 6.45) is 0.565. The molecule has 1 aliphatic heterocycles. The molecular weight excluding hydrogens is 460 g/mol. The minimum absolute atomic E-state index is 0.0299. The highest BCUT2D eigenvalue weighted by Gasteiger charge is 2.19. The lowest BCUT2D eigenvalue weighted by Gasteiger charge is -2.11. The van der Waals surface area contributed by atoms with E-state index < -0.39 is 10.0 Å². The summed E-state index contributed by atoms with van der Waals surface area (Å²) >= 11 is 0. The maximum absolute atomic E-state index is 12.9. The summed E-state index contributed by atoms with van der Waals surface area (Å²) in [5, 5.41) is 2.81. The monoisotopic (exact) mass is 484 g/mol. The molecule has 0 radical (unpaired) electrons. The molecule has 0 aliphatic carbocycles. The number of ether oxygens (including phenoxy) is 4. The van der Waals surface area contributed by atoms with E-state index in [1.807, 2.05) is 12.1 Å². The van der Waals surface area contributed by atoms with Crippen LogP contribution in [0.4, 0.5) is 5.69 Å². The number of carbonyl (C=O) groups excluding carboxylic acids is 1. The van der Waals surface area contributed by atoms with E-state index >= 15 is 0 Å². The zero-order valence-electron chi connectivity index (χ0n) is 18.7. The maximum Gasteiger partial charge on any atom is 0.261 e. The van der Waals surface area contributed by atoms with E-state index in [0.717, 1.165) is 5.56 Å². The highest BCUT2D eigenvalue weighted by molar-refractivity contribution is 7.92. The Bertz CT molecular complexity index is 1310. The van der Waals surface area contributed by atoms with Crippen LogP contribution in [0, 0.1) is 0 Å². The van der Waals surface area contributed by atoms with Gasteiger partial charge in [0.25, 0.3) is 15.9 Å². The second kappa shape index (κ2) is 9.92. The van der Waals surface area contributed by atoms with E-state index in [1.165, 1.54) is 18.2 Å². The van der Waals surface area contributed by atoms with Crippen molar-refractivity contribution in [3.63, 3.8) is 0 Å². The average Bonchev–Trinajstić information content (AvgIpc) is 3.31. The van der Waals surface area contributed by atoms with Gasteiger partial charge in [0.2, 0.25) is 6.79 Å². The molecule has 0 saturated carbocycles. The van der Waals surface area contributed by atoms with Gasteiger partial charge in [-0.1, -0.05) is 12.1 Å². The Balaban J connectivity index is 1.40. The standard InChI is InChI=1S/C24H24N2O7S/c1-30-20-8-6-16(12-22(20)31-2)10-11-25-24(27)17-4-3-5-19(13-17)34(28,29)26-18-7-9-21-23(14-18)33-15-32-21/h3-9,12-14,26H,10-11,15H2,1-2H3,(H,25,27). The third-order valence-corrected chi connectivity index (χ3v) is 6.56. The number of hydrogen-bond donors (Lipinski definition) is 2. The Morgan fingerprint density at radius 1 is 0.941 bits per heavy atom. The van der Waals surface area contributed by atoms with Crippen LogP contribution >= 0.6 is 0 Å². The number of fused-ring (bicyclic) bond motifs is 1. The number of nitrogens with one attached hydrogen (secondary N) is 2. The van der Waals surface area contributed by atoms with Gasteiger partial charge < -0.3 is 24.3 Å². The van der Waals surface area contributed by atoms with Crippen LogP contribution in [0.3, 0.4) is 0 Å². The predicted octanol–water partition coefficient (Wildman–Crippen LogP) is 3.21. The Labute approximate surface area is 197 Å². The number of carbonyl (C=O) groups is 1. The number of benzene rings is 3. The van der Waals surface area contributed by atoms with Gasteiger partial charge in [-0.15, -0.1) is 0 Å². The van der Waals surface area contributed by atoms with E-state index in [9.17, 15) is 13.2 Å². The number of sulfonamides is 1. The molecule has 2 N–H and O–H groups in total. The van der Waals surface area contributed by atoms with E-state index in [4.69, 9.17) is 18.9 Å². The molecule has 0 saturated heterocycles. The molecule has 178 valence electrons. The van der Waals surface area contributed by atoms with Gasteiger partial charge in [-0.2, -0.15) is 0 Å². The topological polar surface area (TPSA) is 112 Å². The summed E-state index contributed by atoms with van der Waals surface area (Å²) in [5.41, 5.74) is 1.53. The van der Waals surface area contributed by atoms with Crippen molar-refractivity contribution in [3.8, 4) is 23.0 Å². The molecule has 10 heteroatoms. The first-order valence-electron chi connectivity index (χ1n) is 10.4. The quantitative estimate of drug-likeness (QED) is 0.480. The van der Waals surface area contributed by atoms with Crippen molar-refractivity contribution in [1.82, 2.24) is 5.32 Å². The van der Waals surface area contributed by atoms with Gasteiger partial charge in [0, 0.05) is 18.2 Å². The van der Waals surface area contributed by atoms with Crippen molar-refractivity contribution < 1.29 is 32.2 Å². The van der Waals surface area contributed by atoms with Crippen molar-refractivity contribution >= 4 is 21.6 Å². The van der Waals surface area contributed by atoms with Crippen molar-refractivity contribution in [3.05, 3.63) is 71.8 Å². The molecule has 0 fully saturated rings. The molecule has 1 aliphatic rings. The molecule has 0 aromatic heterocycles. The van der Waals surface area contributed by atoms with Crippen molar-refractivity contribution in [1.29, 1.82) is 0 Å². The lowest BCUT2D eigenvalue weighted by Crippen LogP contribution is -2.26. The fourth-order valence-electron chi connectivity index (χ4n) is 3.44. The summed E-state index contributed by atoms with van der Waals surface area (Å²) in [5.74, 6) is 1.87. The van der Waals surface area contributed by atoms with E-state index in [-0.39, 0.29) is 23.2 Å². The molecule has 34 heavy (non-hydrogen) atoms. The summed E-state index contributed by atoms with van der Waals surface area (Å²) in [4.78, 5) is 12.6. The first-order valence-corrected chi connectivity index (χ1v) is 11.9. The molecule has 0 unspecified atom stereocenters. The van der Waals surface area contributed by atoms with Crippen LogP contribution in [0.2, 0.25) is 0 Å². The molecule has 4 rings (SSSR count). The van der Waals surface area contributed by atoms with Crippen molar-refractivity contribution in [2.24, 2.45) is 0 Å². The van der Waals surface area contributed by atoms with Crippen LogP contribution in [0.5, 0.6) is 23.0 Å². The molecule has 3 aromatic carbocycles. The highest BCUT2D eigenvalue weighted by Crippen LogP contribution is 2.35. The van der Waals surface area contributed by atoms with Gasteiger partial charge in [-0.25, -0.2) is 8.42 Å². The fraction of sp³-hybridized carbons (Fsp3) is 0.208. The van der Waals surface area contributed by atoms with E-state index in [0.29, 0.717) is 41.7 Å². The second-order valence-corrected chi connectivity index (χ2v) is 9.08. The van der Waals surface area contributed by atoms with Gasteiger partial charge in [0.05, 0.1) is 24.8 Å². The molecule has 0 atom stereocenters.